The summed E-state index contributed by atoms with van der Waals surface area (Å²) in [6.07, 6.45) is -5.41. The predicted molar refractivity (Wildman–Crippen MR) is 173 cm³/mol. The zero-order chi connectivity index (χ0) is 32.0. The molecule has 2 aliphatic rings. The number of carbonyl (C=O) groups excluding carboxylic acids is 1. The molecule has 2 bridgehead atoms. The summed E-state index contributed by atoms with van der Waals surface area (Å²) in [5.74, 6) is -1.86. The van der Waals surface area contributed by atoms with Crippen molar-refractivity contribution in [2.75, 3.05) is 7.11 Å². The number of hydrogen-bond donors (Lipinski definition) is 3. The third-order valence-corrected chi connectivity index (χ3v) is 9.80. The van der Waals surface area contributed by atoms with Gasteiger partial charge in [0.25, 0.3) is 0 Å². The highest BCUT2D eigenvalue weighted by molar-refractivity contribution is 14.1. The molecule has 10 nitrogen and oxygen atoms in total. The average molecular weight is 732 g/mol. The first-order valence-electron chi connectivity index (χ1n) is 14.8. The van der Waals surface area contributed by atoms with Crippen LogP contribution in [-0.2, 0) is 48.4 Å². The molecule has 0 aromatic heterocycles. The van der Waals surface area contributed by atoms with Gasteiger partial charge in [-0.05, 0) is 28.8 Å². The standard InChI is InChI=1S/C34H38INO9/c1-21(37)36-34-26(17-27(38)39)29(40)28(35)30(31(34)42-18-22-9-5-3-6-10-22)45-33(32(34)43-19-23-11-7-4-8-12-23)44-20-24-13-15-25(41-2)16-14-24/h3-16,26,28-33,40H,17-20H2,1-2H3,(H,36,37)(H,38,39)/t26-,28-,29-,30+,31+,32+,33-,34+/m0/s1. The average Bonchev–Trinajstić information content (AvgIpc) is 3.04. The van der Waals surface area contributed by atoms with Crippen LogP contribution in [0.5, 0.6) is 5.75 Å². The van der Waals surface area contributed by atoms with E-state index in [1.807, 2.05) is 84.9 Å². The van der Waals surface area contributed by atoms with Crippen molar-refractivity contribution in [2.45, 2.75) is 73.3 Å². The Labute approximate surface area is 276 Å². The van der Waals surface area contributed by atoms with Gasteiger partial charge in [-0.3, -0.25) is 9.59 Å². The third-order valence-electron chi connectivity index (χ3n) is 8.35. The van der Waals surface area contributed by atoms with Crippen molar-refractivity contribution in [1.29, 1.82) is 0 Å². The van der Waals surface area contributed by atoms with Crippen LogP contribution in [0.1, 0.15) is 30.0 Å². The lowest BCUT2D eigenvalue weighted by Gasteiger charge is -2.62. The molecule has 11 heteroatoms. The fourth-order valence-corrected chi connectivity index (χ4v) is 7.38. The molecule has 1 amide bonds. The number of halogens is 1. The summed E-state index contributed by atoms with van der Waals surface area (Å²) in [4.78, 5) is 25.4. The van der Waals surface area contributed by atoms with Gasteiger partial charge in [0.15, 0.2) is 6.29 Å². The van der Waals surface area contributed by atoms with Gasteiger partial charge >= 0.3 is 5.97 Å². The van der Waals surface area contributed by atoms with Crippen LogP contribution in [0.4, 0.5) is 0 Å². The topological polar surface area (TPSA) is 133 Å². The number of hydrogen-bond acceptors (Lipinski definition) is 8. The lowest BCUT2D eigenvalue weighted by molar-refractivity contribution is -0.341. The number of amides is 1. The molecule has 0 unspecified atom stereocenters. The molecule has 2 fully saturated rings. The minimum atomic E-state index is -1.54. The van der Waals surface area contributed by atoms with Crippen molar-refractivity contribution in [3.8, 4) is 5.75 Å². The molecule has 0 radical (unpaired) electrons. The van der Waals surface area contributed by atoms with Crippen LogP contribution in [0, 0.1) is 5.92 Å². The van der Waals surface area contributed by atoms with Crippen molar-refractivity contribution >= 4 is 34.5 Å². The SMILES string of the molecule is COc1ccc(CO[C@H]2O[C@@H]3[C@@H](I)[C@@H](O)[C@H](CC(=O)O)[C@](NC(C)=O)([C@@H]2OCc2ccccc2)[C@@H]3OCc2ccccc2)cc1. The van der Waals surface area contributed by atoms with E-state index in [2.05, 4.69) is 27.9 Å². The van der Waals surface area contributed by atoms with Crippen LogP contribution in [0.2, 0.25) is 0 Å². The molecule has 1 saturated carbocycles. The highest BCUT2D eigenvalue weighted by Gasteiger charge is 2.69. The predicted octanol–water partition coefficient (Wildman–Crippen LogP) is 4.25. The first kappa shape index (κ1) is 33.3. The van der Waals surface area contributed by atoms with Crippen LogP contribution in [0.15, 0.2) is 84.9 Å². The number of carbonyl (C=O) groups is 2. The number of aliphatic hydroxyl groups is 1. The number of carboxylic acid groups (broad SMARTS) is 1. The van der Waals surface area contributed by atoms with Crippen LogP contribution in [0.3, 0.4) is 0 Å². The van der Waals surface area contributed by atoms with E-state index in [1.165, 1.54) is 6.92 Å². The number of aliphatic carboxylic acids is 1. The largest absolute Gasteiger partial charge is 0.497 e. The van der Waals surface area contributed by atoms with Gasteiger partial charge in [0.2, 0.25) is 5.91 Å². The Balaban J connectivity index is 1.58. The molecular formula is C34H38INO9. The van der Waals surface area contributed by atoms with Gasteiger partial charge in [0.05, 0.1) is 43.4 Å². The summed E-state index contributed by atoms with van der Waals surface area (Å²) < 4.78 is 30.9. The van der Waals surface area contributed by atoms with Crippen molar-refractivity contribution in [3.63, 3.8) is 0 Å². The fourth-order valence-electron chi connectivity index (χ4n) is 6.33. The van der Waals surface area contributed by atoms with E-state index < -0.39 is 64.4 Å². The molecular weight excluding hydrogens is 693 g/mol. The maximum atomic E-state index is 13.1. The van der Waals surface area contributed by atoms with Crippen LogP contribution >= 0.6 is 22.6 Å². The molecule has 3 aromatic rings. The second kappa shape index (κ2) is 15.0. The minimum absolute atomic E-state index is 0.109. The Hall–Kier alpha value is -3.07. The lowest BCUT2D eigenvalue weighted by Crippen LogP contribution is -2.83. The number of ether oxygens (including phenoxy) is 5. The maximum absolute atomic E-state index is 13.1. The van der Waals surface area contributed by atoms with Crippen molar-refractivity contribution in [1.82, 2.24) is 5.32 Å². The fraction of sp³-hybridized carbons (Fsp3) is 0.412. The maximum Gasteiger partial charge on any atom is 0.303 e. The Morgan fingerprint density at radius 2 is 1.38 bits per heavy atom. The molecule has 3 aromatic carbocycles. The highest BCUT2D eigenvalue weighted by atomic mass is 127. The molecule has 1 heterocycles. The first-order valence-corrected chi connectivity index (χ1v) is 16.0. The molecule has 240 valence electrons. The minimum Gasteiger partial charge on any atom is -0.497 e. The Kier molecular flexibility index (Phi) is 11.1. The quantitative estimate of drug-likeness (QED) is 0.175. The van der Waals surface area contributed by atoms with Gasteiger partial charge in [0.1, 0.15) is 29.6 Å². The molecule has 0 spiro atoms. The van der Waals surface area contributed by atoms with E-state index in [-0.39, 0.29) is 19.8 Å². The monoisotopic (exact) mass is 731 g/mol. The van der Waals surface area contributed by atoms with Gasteiger partial charge in [-0.2, -0.15) is 0 Å². The summed E-state index contributed by atoms with van der Waals surface area (Å²) >= 11 is 2.09. The lowest BCUT2D eigenvalue weighted by atomic mass is 9.62. The van der Waals surface area contributed by atoms with E-state index in [9.17, 15) is 19.8 Å². The first-order chi connectivity index (χ1) is 21.7. The van der Waals surface area contributed by atoms with E-state index in [4.69, 9.17) is 23.7 Å². The number of fused-ring (bicyclic) bond motifs is 2. The number of rotatable bonds is 13. The second-order valence-electron chi connectivity index (χ2n) is 11.3. The van der Waals surface area contributed by atoms with Crippen LogP contribution in [0.25, 0.3) is 0 Å². The molecule has 3 N–H and O–H groups in total. The number of carboxylic acids is 1. The Bertz CT molecular complexity index is 1410. The third kappa shape index (κ3) is 7.50. The normalized spacial score (nSPS) is 29.1. The van der Waals surface area contributed by atoms with E-state index >= 15 is 0 Å². The second-order valence-corrected chi connectivity index (χ2v) is 12.8. The Morgan fingerprint density at radius 1 is 0.844 bits per heavy atom. The summed E-state index contributed by atoms with van der Waals surface area (Å²) in [6, 6.07) is 26.4. The van der Waals surface area contributed by atoms with Crippen molar-refractivity contribution < 1.29 is 43.5 Å². The molecule has 45 heavy (non-hydrogen) atoms. The summed E-state index contributed by atoms with van der Waals surface area (Å²) in [5, 5.41) is 24.8. The molecule has 8 atom stereocenters. The van der Waals surface area contributed by atoms with Gasteiger partial charge in [-0.1, -0.05) is 95.4 Å². The molecule has 1 aliphatic carbocycles. The summed E-state index contributed by atoms with van der Waals surface area (Å²) in [7, 11) is 1.59. The number of methoxy groups -OCH3 is 1. The van der Waals surface area contributed by atoms with Gasteiger partial charge in [0, 0.05) is 12.8 Å². The van der Waals surface area contributed by atoms with Crippen LogP contribution in [-0.4, -0.2) is 69.4 Å². The van der Waals surface area contributed by atoms with Crippen molar-refractivity contribution in [3.05, 3.63) is 102 Å². The van der Waals surface area contributed by atoms with Gasteiger partial charge in [-0.15, -0.1) is 0 Å². The summed E-state index contributed by atoms with van der Waals surface area (Å²) in [6.45, 7) is 1.76. The van der Waals surface area contributed by atoms with Crippen LogP contribution < -0.4 is 10.1 Å². The number of aliphatic hydroxyl groups excluding tert-OH is 1. The molecule has 1 saturated heterocycles. The van der Waals surface area contributed by atoms with E-state index in [0.717, 1.165) is 16.7 Å². The number of benzene rings is 3. The molecule has 1 aliphatic heterocycles. The zero-order valence-corrected chi connectivity index (χ0v) is 27.2. The summed E-state index contributed by atoms with van der Waals surface area (Å²) in [5.41, 5.74) is 1.04. The number of alkyl halides is 1. The molecule has 5 rings (SSSR count). The van der Waals surface area contributed by atoms with E-state index in [0.29, 0.717) is 5.75 Å². The number of nitrogens with one attached hydrogen (secondary N) is 1. The van der Waals surface area contributed by atoms with Gasteiger partial charge in [-0.25, -0.2) is 0 Å². The van der Waals surface area contributed by atoms with Crippen molar-refractivity contribution in [2.24, 2.45) is 5.92 Å². The smallest absolute Gasteiger partial charge is 0.303 e. The zero-order valence-electron chi connectivity index (χ0n) is 25.1. The highest BCUT2D eigenvalue weighted by Crippen LogP contribution is 2.50. The van der Waals surface area contributed by atoms with E-state index in [1.54, 1.807) is 7.11 Å². The Morgan fingerprint density at radius 3 is 1.91 bits per heavy atom. The van der Waals surface area contributed by atoms with Gasteiger partial charge < -0.3 is 39.2 Å².